The van der Waals surface area contributed by atoms with Crippen LogP contribution in [0.5, 0.6) is 0 Å². The van der Waals surface area contributed by atoms with Crippen LogP contribution in [0.3, 0.4) is 0 Å². The first-order valence-corrected chi connectivity index (χ1v) is 6.33. The summed E-state index contributed by atoms with van der Waals surface area (Å²) in [5.41, 5.74) is 0.834. The molecular formula is C15H18O2. The maximum absolute atomic E-state index is 6.23. The summed E-state index contributed by atoms with van der Waals surface area (Å²) in [6.45, 7) is 2.90. The highest BCUT2D eigenvalue weighted by molar-refractivity contribution is 5.30. The predicted molar refractivity (Wildman–Crippen MR) is 66.6 cm³/mol. The van der Waals surface area contributed by atoms with E-state index in [0.29, 0.717) is 0 Å². The van der Waals surface area contributed by atoms with Crippen LogP contribution in [-0.4, -0.2) is 12.4 Å². The van der Waals surface area contributed by atoms with Gasteiger partial charge < -0.3 is 9.47 Å². The molecule has 2 aliphatic heterocycles. The molecule has 2 heterocycles. The normalized spacial score (nSPS) is 36.5. The van der Waals surface area contributed by atoms with Crippen molar-refractivity contribution in [3.8, 4) is 0 Å². The molecule has 2 unspecified atom stereocenters. The second-order valence-electron chi connectivity index (χ2n) is 5.03. The van der Waals surface area contributed by atoms with Crippen LogP contribution >= 0.6 is 0 Å². The number of hydrogen-bond acceptors (Lipinski definition) is 2. The fourth-order valence-corrected chi connectivity index (χ4v) is 2.64. The second kappa shape index (κ2) is 3.97. The van der Waals surface area contributed by atoms with Gasteiger partial charge >= 0.3 is 0 Å². The van der Waals surface area contributed by atoms with Crippen molar-refractivity contribution < 1.29 is 9.47 Å². The highest BCUT2D eigenvalue weighted by Crippen LogP contribution is 2.43. The van der Waals surface area contributed by atoms with E-state index in [9.17, 15) is 0 Å². The van der Waals surface area contributed by atoms with Gasteiger partial charge in [0.2, 0.25) is 0 Å². The summed E-state index contributed by atoms with van der Waals surface area (Å²) in [5, 5.41) is 0. The van der Waals surface area contributed by atoms with Gasteiger partial charge in [0.05, 0.1) is 6.61 Å². The maximum atomic E-state index is 6.23. The van der Waals surface area contributed by atoms with Gasteiger partial charge in [0.25, 0.3) is 0 Å². The minimum absolute atomic E-state index is 0.349. The van der Waals surface area contributed by atoms with Gasteiger partial charge in [0, 0.05) is 6.42 Å². The van der Waals surface area contributed by atoms with Crippen molar-refractivity contribution in [2.75, 3.05) is 6.61 Å². The molecule has 90 valence electrons. The SMILES string of the molecule is CC1(c2ccccc2)C=CC2(CCCCO2)O1. The van der Waals surface area contributed by atoms with Gasteiger partial charge in [-0.15, -0.1) is 0 Å². The van der Waals surface area contributed by atoms with E-state index < -0.39 is 5.79 Å². The summed E-state index contributed by atoms with van der Waals surface area (Å²) < 4.78 is 12.1. The molecule has 17 heavy (non-hydrogen) atoms. The molecule has 0 bridgehead atoms. The Balaban J connectivity index is 1.86. The molecule has 2 atom stereocenters. The molecule has 0 aromatic heterocycles. The zero-order valence-electron chi connectivity index (χ0n) is 10.2. The Kier molecular flexibility index (Phi) is 2.57. The lowest BCUT2D eigenvalue weighted by molar-refractivity contribution is -0.251. The van der Waals surface area contributed by atoms with E-state index in [2.05, 4.69) is 31.2 Å². The number of rotatable bonds is 1. The fraction of sp³-hybridized carbons (Fsp3) is 0.467. The zero-order valence-corrected chi connectivity index (χ0v) is 10.2. The van der Waals surface area contributed by atoms with E-state index >= 15 is 0 Å². The molecule has 0 saturated carbocycles. The molecule has 1 aromatic carbocycles. The first-order valence-electron chi connectivity index (χ1n) is 6.33. The Labute approximate surface area is 102 Å². The van der Waals surface area contributed by atoms with Crippen molar-refractivity contribution in [1.29, 1.82) is 0 Å². The lowest BCUT2D eigenvalue weighted by atomic mass is 9.97. The van der Waals surface area contributed by atoms with E-state index in [0.717, 1.165) is 19.4 Å². The molecule has 0 N–H and O–H groups in total. The number of ether oxygens (including phenoxy) is 2. The summed E-state index contributed by atoms with van der Waals surface area (Å²) in [5.74, 6) is -0.469. The van der Waals surface area contributed by atoms with Gasteiger partial charge in [0.15, 0.2) is 5.79 Å². The first-order chi connectivity index (χ1) is 8.23. The Morgan fingerprint density at radius 3 is 2.59 bits per heavy atom. The van der Waals surface area contributed by atoms with Gasteiger partial charge in [0.1, 0.15) is 5.60 Å². The highest BCUT2D eigenvalue weighted by Gasteiger charge is 2.44. The Morgan fingerprint density at radius 2 is 1.88 bits per heavy atom. The number of benzene rings is 1. The van der Waals surface area contributed by atoms with Gasteiger partial charge in [-0.05, 0) is 37.5 Å². The van der Waals surface area contributed by atoms with Gasteiger partial charge in [-0.1, -0.05) is 30.3 Å². The smallest absolute Gasteiger partial charge is 0.189 e. The Bertz CT molecular complexity index is 418. The van der Waals surface area contributed by atoms with Crippen molar-refractivity contribution in [2.24, 2.45) is 0 Å². The molecule has 2 aliphatic rings. The molecule has 1 aromatic rings. The number of hydrogen-bond donors (Lipinski definition) is 0. The van der Waals surface area contributed by atoms with Crippen LogP contribution in [0, 0.1) is 0 Å². The van der Waals surface area contributed by atoms with Crippen LogP contribution in [0.2, 0.25) is 0 Å². The molecule has 2 heteroatoms. The van der Waals surface area contributed by atoms with E-state index in [-0.39, 0.29) is 5.60 Å². The standard InChI is InChI=1S/C15H18O2/c1-14(13-7-3-2-4-8-13)10-11-15(17-14)9-5-6-12-16-15/h2-4,7-8,10-11H,5-6,9,12H2,1H3. The molecule has 3 rings (SSSR count). The minimum atomic E-state index is -0.469. The molecule has 0 radical (unpaired) electrons. The largest absolute Gasteiger partial charge is 0.346 e. The van der Waals surface area contributed by atoms with E-state index in [1.54, 1.807) is 0 Å². The summed E-state index contributed by atoms with van der Waals surface area (Å²) in [6, 6.07) is 10.3. The third kappa shape index (κ3) is 1.92. The lowest BCUT2D eigenvalue weighted by Crippen LogP contribution is -2.38. The van der Waals surface area contributed by atoms with Crippen LogP contribution in [0.4, 0.5) is 0 Å². The van der Waals surface area contributed by atoms with Gasteiger partial charge in [-0.2, -0.15) is 0 Å². The van der Waals surface area contributed by atoms with E-state index in [1.807, 2.05) is 18.2 Å². The van der Waals surface area contributed by atoms with E-state index in [4.69, 9.17) is 9.47 Å². The Hall–Kier alpha value is -1.12. The van der Waals surface area contributed by atoms with Gasteiger partial charge in [-0.25, -0.2) is 0 Å². The molecular weight excluding hydrogens is 212 g/mol. The lowest BCUT2D eigenvalue weighted by Gasteiger charge is -2.36. The minimum Gasteiger partial charge on any atom is -0.346 e. The quantitative estimate of drug-likeness (QED) is 0.688. The third-order valence-corrected chi connectivity index (χ3v) is 3.65. The second-order valence-corrected chi connectivity index (χ2v) is 5.03. The average Bonchev–Trinajstić information content (AvgIpc) is 2.70. The van der Waals surface area contributed by atoms with Crippen molar-refractivity contribution in [1.82, 2.24) is 0 Å². The summed E-state index contributed by atoms with van der Waals surface area (Å²) in [7, 11) is 0. The van der Waals surface area contributed by atoms with Crippen molar-refractivity contribution in [2.45, 2.75) is 37.6 Å². The predicted octanol–water partition coefficient (Wildman–Crippen LogP) is 3.39. The topological polar surface area (TPSA) is 18.5 Å². The molecule has 1 spiro atoms. The highest BCUT2D eigenvalue weighted by atomic mass is 16.7. The van der Waals surface area contributed by atoms with Crippen LogP contribution in [0.1, 0.15) is 31.7 Å². The van der Waals surface area contributed by atoms with Crippen molar-refractivity contribution >= 4 is 0 Å². The average molecular weight is 230 g/mol. The zero-order chi connectivity index (χ0) is 11.8. The molecule has 0 amide bonds. The summed E-state index contributed by atoms with van der Waals surface area (Å²) >= 11 is 0. The van der Waals surface area contributed by atoms with Crippen LogP contribution < -0.4 is 0 Å². The third-order valence-electron chi connectivity index (χ3n) is 3.65. The first kappa shape index (κ1) is 11.0. The summed E-state index contributed by atoms with van der Waals surface area (Å²) in [6.07, 6.45) is 7.51. The van der Waals surface area contributed by atoms with Crippen LogP contribution in [0.15, 0.2) is 42.5 Å². The van der Waals surface area contributed by atoms with E-state index in [1.165, 1.54) is 12.0 Å². The van der Waals surface area contributed by atoms with Crippen LogP contribution in [-0.2, 0) is 15.1 Å². The molecule has 1 saturated heterocycles. The molecule has 2 nitrogen and oxygen atoms in total. The molecule has 0 aliphatic carbocycles. The molecule has 1 fully saturated rings. The Morgan fingerprint density at radius 1 is 1.06 bits per heavy atom. The summed E-state index contributed by atoms with van der Waals surface area (Å²) in [4.78, 5) is 0. The van der Waals surface area contributed by atoms with Gasteiger partial charge in [-0.3, -0.25) is 0 Å². The maximum Gasteiger partial charge on any atom is 0.189 e. The fourth-order valence-electron chi connectivity index (χ4n) is 2.64. The van der Waals surface area contributed by atoms with Crippen molar-refractivity contribution in [3.63, 3.8) is 0 Å². The van der Waals surface area contributed by atoms with Crippen LogP contribution in [0.25, 0.3) is 0 Å². The van der Waals surface area contributed by atoms with Crippen molar-refractivity contribution in [3.05, 3.63) is 48.0 Å². The monoisotopic (exact) mass is 230 g/mol.